The van der Waals surface area contributed by atoms with Gasteiger partial charge in [0.1, 0.15) is 0 Å². The van der Waals surface area contributed by atoms with E-state index in [0.717, 1.165) is 12.1 Å². The van der Waals surface area contributed by atoms with Crippen molar-refractivity contribution in [3.05, 3.63) is 35.4 Å². The summed E-state index contributed by atoms with van der Waals surface area (Å²) in [5.41, 5.74) is 0.571. The summed E-state index contributed by atoms with van der Waals surface area (Å²) in [5, 5.41) is 0. The lowest BCUT2D eigenvalue weighted by Gasteiger charge is -2.01. The lowest BCUT2D eigenvalue weighted by atomic mass is 10.1. The van der Waals surface area contributed by atoms with Gasteiger partial charge in [0.15, 0.2) is 11.6 Å². The third kappa shape index (κ3) is 3.49. The fourth-order valence-electron chi connectivity index (χ4n) is 0.978. The summed E-state index contributed by atoms with van der Waals surface area (Å²) in [6, 6.07) is 3.53. The van der Waals surface area contributed by atoms with Crippen molar-refractivity contribution in [3.63, 3.8) is 0 Å². The second-order valence-electron chi connectivity index (χ2n) is 2.64. The van der Waals surface area contributed by atoms with Gasteiger partial charge in [0.05, 0.1) is 0 Å². The number of benzene rings is 1. The van der Waals surface area contributed by atoms with E-state index in [0.29, 0.717) is 12.0 Å². The summed E-state index contributed by atoms with van der Waals surface area (Å²) in [6.07, 6.45) is 0.365. The third-order valence-corrected chi connectivity index (χ3v) is 2.07. The van der Waals surface area contributed by atoms with Gasteiger partial charge in [-0.2, -0.15) is 0 Å². The van der Waals surface area contributed by atoms with Gasteiger partial charge in [0.25, 0.3) is 0 Å². The Hall–Kier alpha value is -0.850. The van der Waals surface area contributed by atoms with Crippen molar-refractivity contribution in [1.82, 2.24) is 4.72 Å². The maximum Gasteiger partial charge on any atom is 0.231 e. The highest BCUT2D eigenvalue weighted by molar-refractivity contribution is 7.77. The Kier molecular flexibility index (Phi) is 4.12. The minimum absolute atomic E-state index is 0.230. The van der Waals surface area contributed by atoms with Gasteiger partial charge in [0, 0.05) is 6.54 Å². The van der Waals surface area contributed by atoms with Crippen LogP contribution in [0.1, 0.15) is 5.56 Å². The Morgan fingerprint density at radius 2 is 2.07 bits per heavy atom. The molecular weight excluding hydrogens is 212 g/mol. The first-order valence-corrected chi connectivity index (χ1v) is 4.98. The molecule has 0 saturated heterocycles. The van der Waals surface area contributed by atoms with Crippen molar-refractivity contribution in [1.29, 1.82) is 0 Å². The van der Waals surface area contributed by atoms with Crippen LogP contribution in [0.3, 0.4) is 0 Å². The molecule has 0 aromatic heterocycles. The van der Waals surface area contributed by atoms with Crippen LogP contribution in [0.25, 0.3) is 0 Å². The van der Waals surface area contributed by atoms with Crippen LogP contribution in [0, 0.1) is 11.6 Å². The van der Waals surface area contributed by atoms with Crippen molar-refractivity contribution in [2.45, 2.75) is 6.42 Å². The van der Waals surface area contributed by atoms with Gasteiger partial charge in [-0.05, 0) is 24.1 Å². The quantitative estimate of drug-likeness (QED) is 0.751. The maximum atomic E-state index is 12.7. The summed E-state index contributed by atoms with van der Waals surface area (Å²) in [4.78, 5) is 0. The van der Waals surface area contributed by atoms with Gasteiger partial charge in [-0.1, -0.05) is 6.07 Å². The van der Waals surface area contributed by atoms with E-state index in [1.807, 2.05) is 0 Å². The van der Waals surface area contributed by atoms with Gasteiger partial charge >= 0.3 is 0 Å². The molecule has 2 N–H and O–H groups in total. The molecule has 0 radical (unpaired) electrons. The van der Waals surface area contributed by atoms with E-state index in [2.05, 4.69) is 4.72 Å². The minimum Gasteiger partial charge on any atom is -0.294 e. The molecule has 1 unspecified atom stereocenters. The molecule has 1 rings (SSSR count). The van der Waals surface area contributed by atoms with E-state index in [-0.39, 0.29) is 6.54 Å². The molecule has 0 amide bonds. The zero-order valence-corrected chi connectivity index (χ0v) is 7.98. The summed E-state index contributed by atoms with van der Waals surface area (Å²) in [6.45, 7) is 0.230. The Morgan fingerprint density at radius 1 is 1.36 bits per heavy atom. The molecule has 0 aliphatic rings. The fourth-order valence-corrected chi connectivity index (χ4v) is 1.25. The average molecular weight is 221 g/mol. The lowest BCUT2D eigenvalue weighted by Crippen LogP contribution is -2.19. The van der Waals surface area contributed by atoms with Gasteiger partial charge in [-0.25, -0.2) is 17.7 Å². The number of hydrogen-bond donors (Lipinski definition) is 2. The predicted molar refractivity (Wildman–Crippen MR) is 48.8 cm³/mol. The summed E-state index contributed by atoms with van der Waals surface area (Å²) < 4.78 is 45.9. The zero-order chi connectivity index (χ0) is 10.6. The highest BCUT2D eigenvalue weighted by Gasteiger charge is 2.02. The molecule has 1 aromatic rings. The maximum absolute atomic E-state index is 12.7. The van der Waals surface area contributed by atoms with E-state index in [1.54, 1.807) is 0 Å². The molecule has 6 heteroatoms. The van der Waals surface area contributed by atoms with Crippen molar-refractivity contribution >= 4 is 11.3 Å². The minimum atomic E-state index is -2.07. The summed E-state index contributed by atoms with van der Waals surface area (Å²) in [7, 11) is 0. The molecule has 14 heavy (non-hydrogen) atoms. The number of rotatable bonds is 4. The number of halogens is 2. The van der Waals surface area contributed by atoms with Gasteiger partial charge in [0.2, 0.25) is 11.3 Å². The van der Waals surface area contributed by atoms with E-state index in [1.165, 1.54) is 6.07 Å². The van der Waals surface area contributed by atoms with Crippen LogP contribution in [0.15, 0.2) is 18.2 Å². The highest BCUT2D eigenvalue weighted by Crippen LogP contribution is 2.08. The Balaban J connectivity index is 2.51. The summed E-state index contributed by atoms with van der Waals surface area (Å²) >= 11 is -2.07. The topological polar surface area (TPSA) is 49.3 Å². The van der Waals surface area contributed by atoms with Gasteiger partial charge in [-0.3, -0.25) is 4.55 Å². The smallest absolute Gasteiger partial charge is 0.231 e. The zero-order valence-electron chi connectivity index (χ0n) is 7.17. The third-order valence-electron chi connectivity index (χ3n) is 1.62. The second kappa shape index (κ2) is 5.14. The van der Waals surface area contributed by atoms with E-state index in [4.69, 9.17) is 4.55 Å². The van der Waals surface area contributed by atoms with E-state index in [9.17, 15) is 13.0 Å². The fraction of sp³-hybridized carbons (Fsp3) is 0.250. The SMILES string of the molecule is O=S(O)NCCc1ccc(F)c(F)c1. The first-order chi connectivity index (χ1) is 6.59. The van der Waals surface area contributed by atoms with Crippen molar-refractivity contribution in [2.24, 2.45) is 0 Å². The van der Waals surface area contributed by atoms with Crippen molar-refractivity contribution in [2.75, 3.05) is 6.54 Å². The second-order valence-corrected chi connectivity index (χ2v) is 3.43. The van der Waals surface area contributed by atoms with Crippen LogP contribution in [0.2, 0.25) is 0 Å². The monoisotopic (exact) mass is 221 g/mol. The summed E-state index contributed by atoms with van der Waals surface area (Å²) in [5.74, 6) is -1.81. The van der Waals surface area contributed by atoms with Crippen LogP contribution < -0.4 is 4.72 Å². The highest BCUT2D eigenvalue weighted by atomic mass is 32.2. The lowest BCUT2D eigenvalue weighted by molar-refractivity contribution is 0.507. The van der Waals surface area contributed by atoms with Crippen molar-refractivity contribution < 1.29 is 17.5 Å². The van der Waals surface area contributed by atoms with Crippen LogP contribution in [-0.4, -0.2) is 15.3 Å². The molecule has 0 heterocycles. The van der Waals surface area contributed by atoms with Crippen LogP contribution >= 0.6 is 0 Å². The Morgan fingerprint density at radius 3 is 2.64 bits per heavy atom. The molecule has 0 fully saturated rings. The van der Waals surface area contributed by atoms with Gasteiger partial charge < -0.3 is 0 Å². The molecule has 0 aliphatic carbocycles. The van der Waals surface area contributed by atoms with Gasteiger partial charge in [-0.15, -0.1) is 0 Å². The molecule has 0 aliphatic heterocycles. The Bertz CT molecular complexity index is 346. The Labute approximate surface area is 82.6 Å². The van der Waals surface area contributed by atoms with Crippen LogP contribution in [-0.2, 0) is 17.7 Å². The largest absolute Gasteiger partial charge is 0.294 e. The van der Waals surface area contributed by atoms with E-state index >= 15 is 0 Å². The molecule has 78 valence electrons. The standard InChI is InChI=1S/C8H9F2NO2S/c9-7-2-1-6(5-8(7)10)3-4-11-14(12)13/h1-2,5,11H,3-4H2,(H,12,13). The van der Waals surface area contributed by atoms with Crippen LogP contribution in [0.5, 0.6) is 0 Å². The normalized spacial score (nSPS) is 12.8. The molecule has 0 bridgehead atoms. The first-order valence-electron chi connectivity index (χ1n) is 3.88. The van der Waals surface area contributed by atoms with Crippen molar-refractivity contribution in [3.8, 4) is 0 Å². The number of hydrogen-bond acceptors (Lipinski definition) is 1. The molecule has 0 spiro atoms. The number of nitrogens with one attached hydrogen (secondary N) is 1. The molecule has 3 nitrogen and oxygen atoms in total. The first kappa shape index (κ1) is 11.2. The molecular formula is C8H9F2NO2S. The average Bonchev–Trinajstić information content (AvgIpc) is 2.10. The molecule has 0 saturated carbocycles. The molecule has 1 aromatic carbocycles. The van der Waals surface area contributed by atoms with Crippen LogP contribution in [0.4, 0.5) is 8.78 Å². The predicted octanol–water partition coefficient (Wildman–Crippen LogP) is 1.23. The molecule has 1 atom stereocenters. The van der Waals surface area contributed by atoms with E-state index < -0.39 is 22.9 Å².